The second-order valence-corrected chi connectivity index (χ2v) is 12.3. The third-order valence-electron chi connectivity index (χ3n) is 5.60. The molecule has 0 radical (unpaired) electrons. The van der Waals surface area contributed by atoms with Gasteiger partial charge in [0.1, 0.15) is 0 Å². The molecule has 1 aliphatic rings. The van der Waals surface area contributed by atoms with Crippen molar-refractivity contribution in [1.82, 2.24) is 0 Å². The van der Waals surface area contributed by atoms with E-state index < -0.39 is 8.32 Å². The van der Waals surface area contributed by atoms with E-state index in [-0.39, 0.29) is 0 Å². The third-order valence-corrected chi connectivity index (χ3v) is 9.33. The fourth-order valence-electron chi connectivity index (χ4n) is 4.09. The molecule has 23 heavy (non-hydrogen) atoms. The second-order valence-electron chi connectivity index (χ2n) is 8.16. The lowest BCUT2D eigenvalue weighted by Crippen LogP contribution is -2.40. The lowest BCUT2D eigenvalue weighted by Gasteiger charge is -2.35. The summed E-state index contributed by atoms with van der Waals surface area (Å²) in [5.41, 5.74) is 0. The highest BCUT2D eigenvalue weighted by molar-refractivity contribution is 6.72. The largest absolute Gasteiger partial charge is 0.414 e. The van der Waals surface area contributed by atoms with E-state index in [9.17, 15) is 0 Å². The second kappa shape index (κ2) is 13.5. The topological polar surface area (TPSA) is 9.23 Å². The number of rotatable bonds is 14. The van der Waals surface area contributed by atoms with Gasteiger partial charge >= 0.3 is 0 Å². The lowest BCUT2D eigenvalue weighted by molar-refractivity contribution is 0.160. The summed E-state index contributed by atoms with van der Waals surface area (Å²) in [5.74, 6) is 0. The maximum atomic E-state index is 6.73. The van der Waals surface area contributed by atoms with E-state index in [1.165, 1.54) is 108 Å². The summed E-state index contributed by atoms with van der Waals surface area (Å²) in [7, 11) is -1.33. The summed E-state index contributed by atoms with van der Waals surface area (Å²) in [6.45, 7) is 7.12. The molecule has 1 aliphatic heterocycles. The van der Waals surface area contributed by atoms with Gasteiger partial charge in [0.25, 0.3) is 0 Å². The summed E-state index contributed by atoms with van der Waals surface area (Å²) in [6.07, 6.45) is 21.7. The van der Waals surface area contributed by atoms with Gasteiger partial charge in [-0.15, -0.1) is 0 Å². The van der Waals surface area contributed by atoms with E-state index in [4.69, 9.17) is 4.43 Å². The number of hydrogen-bond donors (Lipinski definition) is 0. The normalized spacial score (nSPS) is 18.9. The molecule has 1 nitrogen and oxygen atoms in total. The molecule has 0 aliphatic carbocycles. The van der Waals surface area contributed by atoms with Crippen LogP contribution in [-0.4, -0.2) is 14.4 Å². The van der Waals surface area contributed by atoms with Crippen LogP contribution in [0, 0.1) is 0 Å². The summed E-state index contributed by atoms with van der Waals surface area (Å²) in [6, 6.07) is 2.84. The first-order valence-corrected chi connectivity index (χ1v) is 13.7. The van der Waals surface area contributed by atoms with Gasteiger partial charge in [0, 0.05) is 6.10 Å². The van der Waals surface area contributed by atoms with Crippen molar-refractivity contribution in [3.05, 3.63) is 0 Å². The molecule has 1 rings (SSSR count). The van der Waals surface area contributed by atoms with Gasteiger partial charge in [-0.25, -0.2) is 0 Å². The van der Waals surface area contributed by atoms with Crippen LogP contribution in [0.4, 0.5) is 0 Å². The molecule has 0 N–H and O–H groups in total. The highest BCUT2D eigenvalue weighted by atomic mass is 28.4. The molecule has 0 spiro atoms. The van der Waals surface area contributed by atoms with Crippen molar-refractivity contribution in [2.24, 2.45) is 0 Å². The van der Waals surface area contributed by atoms with Crippen LogP contribution in [0.1, 0.15) is 110 Å². The average Bonchev–Trinajstić information content (AvgIpc) is 2.54. The van der Waals surface area contributed by atoms with Crippen molar-refractivity contribution in [3.63, 3.8) is 0 Å². The molecule has 138 valence electrons. The van der Waals surface area contributed by atoms with Gasteiger partial charge in [0.15, 0.2) is 8.32 Å². The van der Waals surface area contributed by atoms with Crippen LogP contribution < -0.4 is 0 Å². The summed E-state index contributed by atoms with van der Waals surface area (Å²) in [5, 5.41) is 0. The Hall–Kier alpha value is 0.177. The van der Waals surface area contributed by atoms with E-state index in [2.05, 4.69) is 20.4 Å². The molecule has 0 bridgehead atoms. The highest BCUT2D eigenvalue weighted by Gasteiger charge is 2.33. The molecule has 1 saturated heterocycles. The predicted molar refractivity (Wildman–Crippen MR) is 107 cm³/mol. The zero-order valence-corrected chi connectivity index (χ0v) is 17.5. The van der Waals surface area contributed by atoms with E-state index in [1.807, 2.05) is 0 Å². The molecule has 1 fully saturated rings. The molecular formula is C21H44OSi. The average molecular weight is 341 g/mol. The quantitative estimate of drug-likeness (QED) is 0.231. The fourth-order valence-corrected chi connectivity index (χ4v) is 7.61. The Bertz CT molecular complexity index is 261. The molecule has 1 unspecified atom stereocenters. The smallest absolute Gasteiger partial charge is 0.190 e. The Morgan fingerprint density at radius 2 is 1.26 bits per heavy atom. The summed E-state index contributed by atoms with van der Waals surface area (Å²) in [4.78, 5) is 0. The Balaban J connectivity index is 2.08. The minimum absolute atomic E-state index is 0.583. The predicted octanol–water partition coefficient (Wildman–Crippen LogP) is 7.85. The van der Waals surface area contributed by atoms with Gasteiger partial charge in [0.2, 0.25) is 0 Å². The first-order chi connectivity index (χ1) is 11.2. The van der Waals surface area contributed by atoms with Crippen LogP contribution in [0.5, 0.6) is 0 Å². The minimum Gasteiger partial charge on any atom is -0.414 e. The number of unbranched alkanes of at least 4 members (excludes halogenated alkanes) is 8. The van der Waals surface area contributed by atoms with Gasteiger partial charge in [-0.2, -0.15) is 0 Å². The Labute approximate surface area is 148 Å². The lowest BCUT2D eigenvalue weighted by atomic mass is 10.0. The summed E-state index contributed by atoms with van der Waals surface area (Å²) < 4.78 is 6.73. The maximum absolute atomic E-state index is 6.73. The van der Waals surface area contributed by atoms with Crippen LogP contribution in [0.25, 0.3) is 0 Å². The molecule has 2 heteroatoms. The van der Waals surface area contributed by atoms with Crippen molar-refractivity contribution < 1.29 is 4.43 Å². The van der Waals surface area contributed by atoms with Crippen LogP contribution >= 0.6 is 0 Å². The Kier molecular flexibility index (Phi) is 12.4. The maximum Gasteiger partial charge on any atom is 0.190 e. The monoisotopic (exact) mass is 340 g/mol. The van der Waals surface area contributed by atoms with Crippen LogP contribution in [0.15, 0.2) is 0 Å². The van der Waals surface area contributed by atoms with E-state index >= 15 is 0 Å². The van der Waals surface area contributed by atoms with Crippen molar-refractivity contribution in [2.75, 3.05) is 0 Å². The Morgan fingerprint density at radius 3 is 1.83 bits per heavy atom. The van der Waals surface area contributed by atoms with Gasteiger partial charge < -0.3 is 4.43 Å². The molecule has 1 heterocycles. The van der Waals surface area contributed by atoms with Crippen molar-refractivity contribution in [3.8, 4) is 0 Å². The molecular weight excluding hydrogens is 296 g/mol. The number of hydrogen-bond acceptors (Lipinski definition) is 1. The van der Waals surface area contributed by atoms with Crippen molar-refractivity contribution in [2.45, 2.75) is 135 Å². The minimum atomic E-state index is -1.33. The van der Waals surface area contributed by atoms with Gasteiger partial charge in [-0.1, -0.05) is 97.3 Å². The zero-order valence-electron chi connectivity index (χ0n) is 16.5. The zero-order chi connectivity index (χ0) is 16.8. The highest BCUT2D eigenvalue weighted by Crippen LogP contribution is 2.32. The summed E-state index contributed by atoms with van der Waals surface area (Å²) >= 11 is 0. The molecule has 0 aromatic carbocycles. The van der Waals surface area contributed by atoms with Crippen molar-refractivity contribution >= 4 is 8.32 Å². The van der Waals surface area contributed by atoms with E-state index in [1.54, 1.807) is 0 Å². The van der Waals surface area contributed by atoms with Crippen LogP contribution in [-0.2, 0) is 4.43 Å². The third kappa shape index (κ3) is 10.6. The standard InChI is InChI=1S/C21H44OSi/c1-4-6-7-8-9-10-11-12-14-18-21(17-5-2)22-23(3)19-15-13-16-20-23/h21H,4-20H2,1-3H3. The molecule has 0 amide bonds. The fraction of sp³-hybridized carbons (Fsp3) is 1.00. The SMILES string of the molecule is CCCCCCCCCCCC(CCC)O[Si]1(C)CCCCC1. The Morgan fingerprint density at radius 1 is 0.696 bits per heavy atom. The first-order valence-electron chi connectivity index (χ1n) is 10.9. The van der Waals surface area contributed by atoms with Gasteiger partial charge in [0.05, 0.1) is 0 Å². The van der Waals surface area contributed by atoms with Gasteiger partial charge in [-0.3, -0.25) is 0 Å². The van der Waals surface area contributed by atoms with E-state index in [0.29, 0.717) is 6.10 Å². The molecule has 0 saturated carbocycles. The van der Waals surface area contributed by atoms with Crippen LogP contribution in [0.2, 0.25) is 18.6 Å². The van der Waals surface area contributed by atoms with Crippen LogP contribution in [0.3, 0.4) is 0 Å². The molecule has 1 atom stereocenters. The molecule has 0 aromatic heterocycles. The van der Waals surface area contributed by atoms with Gasteiger partial charge in [-0.05, 0) is 31.5 Å². The van der Waals surface area contributed by atoms with E-state index in [0.717, 1.165) is 0 Å². The molecule has 0 aromatic rings. The first kappa shape index (κ1) is 21.2. The van der Waals surface area contributed by atoms with Crippen molar-refractivity contribution in [1.29, 1.82) is 0 Å².